The lowest BCUT2D eigenvalue weighted by molar-refractivity contribution is 0.569. The van der Waals surface area contributed by atoms with Gasteiger partial charge in [0.25, 0.3) is 0 Å². The minimum absolute atomic E-state index is 0.638. The number of fused-ring (bicyclic) bond motifs is 1. The highest BCUT2D eigenvalue weighted by Gasteiger charge is 2.07. The van der Waals surface area contributed by atoms with Crippen LogP contribution in [0.3, 0.4) is 0 Å². The van der Waals surface area contributed by atoms with Crippen molar-refractivity contribution in [2.75, 3.05) is 24.2 Å². The van der Waals surface area contributed by atoms with E-state index in [1.54, 1.807) is 17.5 Å². The molecule has 0 spiro atoms. The lowest BCUT2D eigenvalue weighted by Gasteiger charge is -2.08. The molecule has 3 rings (SSSR count). The molecule has 0 unspecified atom stereocenters. The second-order valence-electron chi connectivity index (χ2n) is 4.23. The first-order chi connectivity index (χ1) is 9.86. The van der Waals surface area contributed by atoms with E-state index in [-0.39, 0.29) is 0 Å². The topological polar surface area (TPSA) is 80.5 Å². The maximum atomic E-state index is 4.46. The van der Waals surface area contributed by atoms with Gasteiger partial charge in [-0.3, -0.25) is 4.68 Å². The van der Waals surface area contributed by atoms with Crippen LogP contribution < -0.4 is 10.6 Å². The fraction of sp³-hybridized carbons (Fsp3) is 0.333. The van der Waals surface area contributed by atoms with E-state index in [1.165, 1.54) is 0 Å². The molecule has 3 aromatic rings. The summed E-state index contributed by atoms with van der Waals surface area (Å²) in [5.74, 6) is 1.51. The number of hydrogen-bond donors (Lipinski definition) is 2. The molecule has 0 atom stereocenters. The fourth-order valence-electron chi connectivity index (χ4n) is 1.90. The van der Waals surface area contributed by atoms with E-state index in [0.717, 1.165) is 35.5 Å². The zero-order valence-corrected chi connectivity index (χ0v) is 11.9. The summed E-state index contributed by atoms with van der Waals surface area (Å²) < 4.78 is 1.82. The van der Waals surface area contributed by atoms with E-state index in [2.05, 4.69) is 30.9 Å². The van der Waals surface area contributed by atoms with Crippen LogP contribution in [0.5, 0.6) is 0 Å². The van der Waals surface area contributed by atoms with Gasteiger partial charge >= 0.3 is 0 Å². The highest BCUT2D eigenvalue weighted by atomic mass is 32.1. The molecule has 0 radical (unpaired) electrons. The smallest absolute Gasteiger partial charge is 0.225 e. The summed E-state index contributed by atoms with van der Waals surface area (Å²) in [7, 11) is 1.82. The molecule has 3 aromatic heterocycles. The maximum absolute atomic E-state index is 4.46. The van der Waals surface area contributed by atoms with Crippen molar-refractivity contribution in [2.45, 2.75) is 13.0 Å². The number of nitrogens with one attached hydrogen (secondary N) is 2. The molecular formula is C12H15N7S. The summed E-state index contributed by atoms with van der Waals surface area (Å²) in [6.45, 7) is 1.66. The highest BCUT2D eigenvalue weighted by molar-refractivity contribution is 7.16. The third-order valence-corrected chi connectivity index (χ3v) is 3.68. The standard InChI is InChI=1S/C12H15N7S/c1-13-12-16-10(9-3-8-20-11(9)17-12)14-4-2-6-19-7-5-15-18-19/h3,5,7-8H,2,4,6H2,1H3,(H2,13,14,16,17). The van der Waals surface area contributed by atoms with E-state index in [0.29, 0.717) is 5.95 Å². The average molecular weight is 289 g/mol. The third kappa shape index (κ3) is 2.69. The van der Waals surface area contributed by atoms with Gasteiger partial charge in [0, 0.05) is 26.3 Å². The van der Waals surface area contributed by atoms with Crippen molar-refractivity contribution < 1.29 is 0 Å². The number of nitrogens with zero attached hydrogens (tertiary/aromatic N) is 5. The predicted octanol–water partition coefficient (Wildman–Crippen LogP) is 1.83. The van der Waals surface area contributed by atoms with Gasteiger partial charge in [-0.05, 0) is 17.9 Å². The predicted molar refractivity (Wildman–Crippen MR) is 80.1 cm³/mol. The molecule has 0 aromatic carbocycles. The molecular weight excluding hydrogens is 274 g/mol. The van der Waals surface area contributed by atoms with Crippen LogP contribution in [0, 0.1) is 0 Å². The minimum Gasteiger partial charge on any atom is -0.369 e. The zero-order valence-electron chi connectivity index (χ0n) is 11.1. The Morgan fingerprint density at radius 1 is 1.35 bits per heavy atom. The summed E-state index contributed by atoms with van der Waals surface area (Å²) in [5.41, 5.74) is 0. The Hall–Kier alpha value is -2.22. The summed E-state index contributed by atoms with van der Waals surface area (Å²) in [4.78, 5) is 9.87. The number of hydrogen-bond acceptors (Lipinski definition) is 7. The van der Waals surface area contributed by atoms with E-state index in [9.17, 15) is 0 Å². The Morgan fingerprint density at radius 3 is 3.10 bits per heavy atom. The molecule has 7 nitrogen and oxygen atoms in total. The van der Waals surface area contributed by atoms with Gasteiger partial charge in [-0.1, -0.05) is 5.21 Å². The van der Waals surface area contributed by atoms with Gasteiger partial charge in [0.15, 0.2) is 0 Å². The summed E-state index contributed by atoms with van der Waals surface area (Å²) in [6.07, 6.45) is 4.50. The molecule has 0 aliphatic rings. The summed E-state index contributed by atoms with van der Waals surface area (Å²) in [6, 6.07) is 2.04. The van der Waals surface area contributed by atoms with Gasteiger partial charge < -0.3 is 10.6 Å². The number of aryl methyl sites for hydroxylation is 1. The van der Waals surface area contributed by atoms with Crippen LogP contribution in [0.4, 0.5) is 11.8 Å². The van der Waals surface area contributed by atoms with Gasteiger partial charge in [0.05, 0.1) is 11.6 Å². The first kappa shape index (κ1) is 12.8. The van der Waals surface area contributed by atoms with Crippen molar-refractivity contribution in [1.29, 1.82) is 0 Å². The van der Waals surface area contributed by atoms with E-state index in [4.69, 9.17) is 0 Å². The molecule has 104 valence electrons. The minimum atomic E-state index is 0.638. The van der Waals surface area contributed by atoms with Crippen LogP contribution in [0.15, 0.2) is 23.8 Å². The highest BCUT2D eigenvalue weighted by Crippen LogP contribution is 2.26. The monoisotopic (exact) mass is 289 g/mol. The molecule has 3 heterocycles. The second kappa shape index (κ2) is 5.83. The summed E-state index contributed by atoms with van der Waals surface area (Å²) in [5, 5.41) is 17.2. The van der Waals surface area contributed by atoms with Crippen LogP contribution in [0.1, 0.15) is 6.42 Å². The van der Waals surface area contributed by atoms with Crippen molar-refractivity contribution >= 4 is 33.3 Å². The van der Waals surface area contributed by atoms with Gasteiger partial charge in [-0.25, -0.2) is 4.98 Å². The Labute approximate surface area is 120 Å². The molecule has 20 heavy (non-hydrogen) atoms. The van der Waals surface area contributed by atoms with E-state index in [1.807, 2.05) is 29.4 Å². The Kier molecular flexibility index (Phi) is 3.73. The number of aromatic nitrogens is 5. The van der Waals surface area contributed by atoms with E-state index >= 15 is 0 Å². The number of anilines is 2. The van der Waals surface area contributed by atoms with Gasteiger partial charge in [0.2, 0.25) is 5.95 Å². The van der Waals surface area contributed by atoms with Crippen molar-refractivity contribution in [2.24, 2.45) is 0 Å². The van der Waals surface area contributed by atoms with Crippen LogP contribution >= 0.6 is 11.3 Å². The fourth-order valence-corrected chi connectivity index (χ4v) is 2.67. The Balaban J connectivity index is 1.65. The van der Waals surface area contributed by atoms with E-state index < -0.39 is 0 Å². The van der Waals surface area contributed by atoms with Crippen LogP contribution in [-0.2, 0) is 6.54 Å². The van der Waals surface area contributed by atoms with Crippen molar-refractivity contribution in [3.05, 3.63) is 23.8 Å². The number of thiophene rings is 1. The van der Waals surface area contributed by atoms with Crippen LogP contribution in [0.2, 0.25) is 0 Å². The molecule has 0 amide bonds. The van der Waals surface area contributed by atoms with Crippen LogP contribution in [-0.4, -0.2) is 38.6 Å². The normalized spacial score (nSPS) is 10.8. The quantitative estimate of drug-likeness (QED) is 0.674. The van der Waals surface area contributed by atoms with Crippen molar-refractivity contribution in [3.63, 3.8) is 0 Å². The second-order valence-corrected chi connectivity index (χ2v) is 5.13. The maximum Gasteiger partial charge on any atom is 0.225 e. The first-order valence-electron chi connectivity index (χ1n) is 6.38. The zero-order chi connectivity index (χ0) is 13.8. The lowest BCUT2D eigenvalue weighted by atomic mass is 10.3. The largest absolute Gasteiger partial charge is 0.369 e. The van der Waals surface area contributed by atoms with Crippen molar-refractivity contribution in [3.8, 4) is 0 Å². The molecule has 0 saturated carbocycles. The Bertz CT molecular complexity index is 676. The first-order valence-corrected chi connectivity index (χ1v) is 7.26. The van der Waals surface area contributed by atoms with Crippen LogP contribution in [0.25, 0.3) is 10.2 Å². The van der Waals surface area contributed by atoms with Crippen molar-refractivity contribution in [1.82, 2.24) is 25.0 Å². The molecule has 0 aliphatic carbocycles. The molecule has 0 bridgehead atoms. The molecule has 2 N–H and O–H groups in total. The SMILES string of the molecule is CNc1nc(NCCCn2ccnn2)c2ccsc2n1. The van der Waals surface area contributed by atoms with Gasteiger partial charge in [0.1, 0.15) is 10.6 Å². The Morgan fingerprint density at radius 2 is 2.30 bits per heavy atom. The molecule has 0 aliphatic heterocycles. The summed E-state index contributed by atoms with van der Waals surface area (Å²) >= 11 is 1.61. The molecule has 8 heteroatoms. The van der Waals surface area contributed by atoms with Gasteiger partial charge in [-0.15, -0.1) is 16.4 Å². The number of rotatable bonds is 6. The van der Waals surface area contributed by atoms with Gasteiger partial charge in [-0.2, -0.15) is 4.98 Å². The average Bonchev–Trinajstić information content (AvgIpc) is 3.13. The molecule has 0 saturated heterocycles. The molecule has 0 fully saturated rings. The third-order valence-electron chi connectivity index (χ3n) is 2.88. The lowest BCUT2D eigenvalue weighted by Crippen LogP contribution is -2.09.